The Bertz CT molecular complexity index is 1220. The third kappa shape index (κ3) is 5.96. The summed E-state index contributed by atoms with van der Waals surface area (Å²) in [5.74, 6) is 1.92. The van der Waals surface area contributed by atoms with E-state index in [1.165, 1.54) is 12.5 Å². The van der Waals surface area contributed by atoms with E-state index in [4.69, 9.17) is 14.2 Å². The fraction of sp³-hybridized carbons (Fsp3) is 0.688. The van der Waals surface area contributed by atoms with Crippen LogP contribution in [-0.4, -0.2) is 117 Å². The second kappa shape index (κ2) is 12.6. The monoisotopic (exact) mass is 593 g/mol. The first-order chi connectivity index (χ1) is 20.8. The number of rotatable bonds is 7. The number of anilines is 1. The van der Waals surface area contributed by atoms with Gasteiger partial charge in [-0.25, -0.2) is 0 Å². The molecule has 6 rings (SSSR count). The minimum atomic E-state index is -0.321. The number of ether oxygens (including phenoxy) is 3. The Morgan fingerprint density at radius 1 is 1.23 bits per heavy atom. The van der Waals surface area contributed by atoms with E-state index >= 15 is 0 Å². The second-order valence-electron chi connectivity index (χ2n) is 13.0. The number of benzene rings is 1. The Balaban J connectivity index is 1.23. The van der Waals surface area contributed by atoms with Crippen molar-refractivity contribution in [2.75, 3.05) is 65.4 Å². The van der Waals surface area contributed by atoms with Crippen molar-refractivity contribution < 1.29 is 19.0 Å². The molecule has 1 saturated carbocycles. The lowest BCUT2D eigenvalue weighted by Gasteiger charge is -2.56. The van der Waals surface area contributed by atoms with Crippen LogP contribution in [0.3, 0.4) is 0 Å². The van der Waals surface area contributed by atoms with Gasteiger partial charge in [-0.3, -0.25) is 20.3 Å². The molecule has 5 aliphatic rings. The number of nitrogens with zero attached hydrogens (tertiary/aromatic N) is 5. The molecule has 4 heterocycles. The van der Waals surface area contributed by atoms with Crippen molar-refractivity contribution in [3.05, 3.63) is 30.9 Å². The summed E-state index contributed by atoms with van der Waals surface area (Å²) in [4.78, 5) is 21.5. The number of amides is 1. The number of nitrogens with one attached hydrogen (secondary N) is 2. The first-order valence-corrected chi connectivity index (χ1v) is 15.8. The van der Waals surface area contributed by atoms with Gasteiger partial charge in [0.15, 0.2) is 6.35 Å². The van der Waals surface area contributed by atoms with Crippen LogP contribution in [-0.2, 0) is 9.53 Å². The predicted octanol–water partition coefficient (Wildman–Crippen LogP) is 1.96. The quantitative estimate of drug-likeness (QED) is 0.456. The van der Waals surface area contributed by atoms with E-state index in [1.807, 2.05) is 23.1 Å². The lowest BCUT2D eigenvalue weighted by Crippen LogP contribution is -2.73. The Morgan fingerprint density at radius 2 is 2.09 bits per heavy atom. The van der Waals surface area contributed by atoms with Crippen LogP contribution < -0.4 is 25.0 Å². The highest BCUT2D eigenvalue weighted by molar-refractivity contribution is 5.87. The normalized spacial score (nSPS) is 34.7. The molecule has 6 unspecified atom stereocenters. The van der Waals surface area contributed by atoms with E-state index in [0.717, 1.165) is 62.5 Å². The van der Waals surface area contributed by atoms with Crippen LogP contribution >= 0.6 is 0 Å². The fourth-order valence-corrected chi connectivity index (χ4v) is 8.19. The molecule has 1 spiro atoms. The minimum Gasteiger partial charge on any atom is -0.494 e. The summed E-state index contributed by atoms with van der Waals surface area (Å²) < 4.78 is 19.1. The lowest BCUT2D eigenvalue weighted by atomic mass is 9.72. The van der Waals surface area contributed by atoms with Crippen LogP contribution in [0.4, 0.5) is 5.69 Å². The molecule has 43 heavy (non-hydrogen) atoms. The van der Waals surface area contributed by atoms with Crippen LogP contribution in [0.15, 0.2) is 30.9 Å². The second-order valence-corrected chi connectivity index (χ2v) is 13.0. The molecule has 1 aliphatic carbocycles. The summed E-state index contributed by atoms with van der Waals surface area (Å²) >= 11 is 0. The van der Waals surface area contributed by atoms with Gasteiger partial charge in [-0.2, -0.15) is 5.26 Å². The average molecular weight is 594 g/mol. The molecule has 0 radical (unpaired) electrons. The lowest BCUT2D eigenvalue weighted by molar-refractivity contribution is -0.139. The summed E-state index contributed by atoms with van der Waals surface area (Å²) in [6.07, 6.45) is 6.55. The molecular weight excluding hydrogens is 546 g/mol. The van der Waals surface area contributed by atoms with Gasteiger partial charge in [-0.15, -0.1) is 0 Å². The van der Waals surface area contributed by atoms with Crippen molar-refractivity contribution in [2.45, 2.75) is 74.8 Å². The highest BCUT2D eigenvalue weighted by Crippen LogP contribution is 2.48. The Morgan fingerprint density at radius 3 is 2.84 bits per heavy atom. The Labute approximate surface area is 255 Å². The average Bonchev–Trinajstić information content (AvgIpc) is 3.43. The van der Waals surface area contributed by atoms with Crippen molar-refractivity contribution in [2.24, 2.45) is 5.92 Å². The zero-order chi connectivity index (χ0) is 30.1. The number of hydrogen-bond acceptors (Lipinski definition) is 10. The molecule has 7 atom stereocenters. The van der Waals surface area contributed by atoms with Gasteiger partial charge >= 0.3 is 0 Å². The fourth-order valence-electron chi connectivity index (χ4n) is 8.19. The number of likely N-dealkylation sites (N-methyl/N-ethyl adjacent to an activating group) is 2. The van der Waals surface area contributed by atoms with E-state index in [2.05, 4.69) is 52.1 Å². The van der Waals surface area contributed by atoms with Crippen molar-refractivity contribution in [1.82, 2.24) is 25.3 Å². The number of fused-ring (bicyclic) bond motifs is 2. The third-order valence-electron chi connectivity index (χ3n) is 10.4. The smallest absolute Gasteiger partial charge is 0.246 e. The van der Waals surface area contributed by atoms with E-state index in [-0.39, 0.29) is 36.1 Å². The van der Waals surface area contributed by atoms with Gasteiger partial charge in [0.1, 0.15) is 22.8 Å². The van der Waals surface area contributed by atoms with Crippen molar-refractivity contribution >= 4 is 11.6 Å². The highest BCUT2D eigenvalue weighted by atomic mass is 16.5. The highest BCUT2D eigenvalue weighted by Gasteiger charge is 2.52. The molecule has 0 aromatic heterocycles. The molecule has 234 valence electrons. The van der Waals surface area contributed by atoms with Gasteiger partial charge in [-0.1, -0.05) is 12.6 Å². The van der Waals surface area contributed by atoms with E-state index in [9.17, 15) is 10.1 Å². The van der Waals surface area contributed by atoms with Crippen molar-refractivity contribution in [1.29, 1.82) is 5.26 Å². The van der Waals surface area contributed by atoms with E-state index in [1.54, 1.807) is 7.11 Å². The molecular formula is C32H47N7O4. The van der Waals surface area contributed by atoms with Crippen LogP contribution in [0.1, 0.15) is 38.5 Å². The number of carbonyl (C=O) groups is 1. The number of hydrogen-bond donors (Lipinski definition) is 2. The molecule has 0 bridgehead atoms. The standard InChI is InChI=1S/C32H47N7O4/c1-5-28(40)39-17-16-38(19-22(39)12-14-33)30-24-11-13-32(21-37(3)29-26(41-4)9-6-10-27(29)43-32)18-25(24)34-31(35-30)42-20-23-8-7-15-36(23)2/h5-6,9-10,22-25,30-31,34-35H,1,7-8,11-13,15-21H2,2-4H3/t22?,23?,24?,25?,30?,31?,32-/m1/s1. The van der Waals surface area contributed by atoms with Crippen LogP contribution in [0.2, 0.25) is 0 Å². The molecule has 3 saturated heterocycles. The third-order valence-corrected chi connectivity index (χ3v) is 10.4. The van der Waals surface area contributed by atoms with Crippen molar-refractivity contribution in [3.63, 3.8) is 0 Å². The maximum Gasteiger partial charge on any atom is 0.246 e. The Kier molecular flexibility index (Phi) is 8.85. The minimum absolute atomic E-state index is 0.0609. The summed E-state index contributed by atoms with van der Waals surface area (Å²) in [6.45, 7) is 8.20. The molecule has 2 N–H and O–H groups in total. The maximum absolute atomic E-state index is 12.6. The molecule has 4 fully saturated rings. The van der Waals surface area contributed by atoms with Gasteiger partial charge in [0, 0.05) is 51.1 Å². The first kappa shape index (κ1) is 30.2. The van der Waals surface area contributed by atoms with Gasteiger partial charge in [0.05, 0.1) is 45.0 Å². The molecule has 1 aromatic carbocycles. The van der Waals surface area contributed by atoms with E-state index < -0.39 is 0 Å². The summed E-state index contributed by atoms with van der Waals surface area (Å²) in [6, 6.07) is 8.76. The largest absolute Gasteiger partial charge is 0.494 e. The number of piperazine rings is 1. The molecule has 1 amide bonds. The van der Waals surface area contributed by atoms with Crippen LogP contribution in [0.5, 0.6) is 11.5 Å². The van der Waals surface area contributed by atoms with Crippen LogP contribution in [0.25, 0.3) is 0 Å². The molecule has 11 nitrogen and oxygen atoms in total. The van der Waals surface area contributed by atoms with Gasteiger partial charge in [0.25, 0.3) is 0 Å². The zero-order valence-corrected chi connectivity index (χ0v) is 25.8. The molecule has 11 heteroatoms. The number of nitriles is 1. The zero-order valence-electron chi connectivity index (χ0n) is 25.8. The van der Waals surface area contributed by atoms with Gasteiger partial charge in [0.2, 0.25) is 5.91 Å². The first-order valence-electron chi connectivity index (χ1n) is 15.8. The van der Waals surface area contributed by atoms with Gasteiger partial charge in [-0.05, 0) is 57.5 Å². The maximum atomic E-state index is 12.6. The van der Waals surface area contributed by atoms with Crippen LogP contribution in [0, 0.1) is 17.2 Å². The predicted molar refractivity (Wildman–Crippen MR) is 164 cm³/mol. The summed E-state index contributed by atoms with van der Waals surface area (Å²) in [7, 11) is 6.01. The topological polar surface area (TPSA) is 106 Å². The number of likely N-dealkylation sites (tertiary alicyclic amines) is 1. The van der Waals surface area contributed by atoms with E-state index in [0.29, 0.717) is 38.1 Å². The summed E-state index contributed by atoms with van der Waals surface area (Å²) in [5.41, 5.74) is 0.685. The SMILES string of the molecule is C=CC(=O)N1CCN(C2NC(OCC3CCCN3C)NC3C[C@]4(CCC32)CN(C)c2c(OC)cccc2O4)CC1CC#N. The Hall–Kier alpha value is -2.88. The number of methoxy groups -OCH3 is 1. The van der Waals surface area contributed by atoms with Crippen molar-refractivity contribution in [3.8, 4) is 17.6 Å². The molecule has 4 aliphatic heterocycles. The molecule has 1 aromatic rings. The number of para-hydroxylation sites is 1. The summed E-state index contributed by atoms with van der Waals surface area (Å²) in [5, 5.41) is 17.2. The number of carbonyl (C=O) groups excluding carboxylic acids is 1. The van der Waals surface area contributed by atoms with Gasteiger partial charge < -0.3 is 28.9 Å².